The molecule has 1 unspecified atom stereocenters. The van der Waals surface area contributed by atoms with E-state index in [0.29, 0.717) is 56.7 Å². The zero-order valence-electron chi connectivity index (χ0n) is 18.8. The Balaban J connectivity index is 1.18. The van der Waals surface area contributed by atoms with Crippen LogP contribution in [-0.4, -0.2) is 85.9 Å². The first kappa shape index (κ1) is 23.0. The summed E-state index contributed by atoms with van der Waals surface area (Å²) in [6, 6.07) is 11.2. The van der Waals surface area contributed by atoms with Crippen molar-refractivity contribution in [3.63, 3.8) is 0 Å². The van der Waals surface area contributed by atoms with E-state index in [1.165, 1.54) is 0 Å². The third kappa shape index (κ3) is 6.21. The number of hydrogen-bond acceptors (Lipinski definition) is 6. The van der Waals surface area contributed by atoms with Gasteiger partial charge in [0.15, 0.2) is 0 Å². The summed E-state index contributed by atoms with van der Waals surface area (Å²) in [6.07, 6.45) is 4.33. The summed E-state index contributed by atoms with van der Waals surface area (Å²) in [7, 11) is 1.60. The van der Waals surface area contributed by atoms with Gasteiger partial charge in [0.2, 0.25) is 5.91 Å². The Kier molecular flexibility index (Phi) is 7.74. The maximum absolute atomic E-state index is 12.5. The molecule has 0 bridgehead atoms. The van der Waals surface area contributed by atoms with Crippen molar-refractivity contribution in [2.45, 2.75) is 18.4 Å². The molecule has 33 heavy (non-hydrogen) atoms. The fourth-order valence-corrected chi connectivity index (χ4v) is 3.93. The highest BCUT2D eigenvalue weighted by Crippen LogP contribution is 2.27. The molecule has 1 N–H and O–H groups in total. The van der Waals surface area contributed by atoms with Gasteiger partial charge in [-0.1, -0.05) is 6.07 Å². The number of carbonyl (C=O) groups is 2. The maximum atomic E-state index is 12.5. The molecule has 3 heterocycles. The molecule has 4 rings (SSSR count). The molecule has 9 heteroatoms. The number of likely N-dealkylation sites (tertiary alicyclic amines) is 2. The van der Waals surface area contributed by atoms with Crippen LogP contribution in [0.25, 0.3) is 0 Å². The van der Waals surface area contributed by atoms with E-state index in [1.54, 1.807) is 23.1 Å². The van der Waals surface area contributed by atoms with Gasteiger partial charge in [-0.2, -0.15) is 0 Å². The van der Waals surface area contributed by atoms with Crippen LogP contribution in [0.2, 0.25) is 0 Å². The summed E-state index contributed by atoms with van der Waals surface area (Å²) < 4.78 is 16.2. The monoisotopic (exact) mass is 454 g/mol. The summed E-state index contributed by atoms with van der Waals surface area (Å²) in [5.41, 5.74) is 1.88. The number of methoxy groups -OCH3 is 1. The van der Waals surface area contributed by atoms with E-state index < -0.39 is 0 Å². The SMILES string of the molecule is COCCOCC(=O)N1CCC(Oc2ccc(NC(=O)N3CC(c4cccnc4)C3)cc2)C1. The quantitative estimate of drug-likeness (QED) is 0.585. The lowest BCUT2D eigenvalue weighted by molar-refractivity contribution is -0.135. The van der Waals surface area contributed by atoms with Crippen molar-refractivity contribution in [3.05, 3.63) is 54.4 Å². The molecular formula is C24H30N4O5. The molecule has 9 nitrogen and oxygen atoms in total. The molecule has 1 atom stereocenters. The van der Waals surface area contributed by atoms with Crippen molar-refractivity contribution in [3.8, 4) is 5.75 Å². The van der Waals surface area contributed by atoms with Crippen LogP contribution in [0.4, 0.5) is 10.5 Å². The summed E-state index contributed by atoms with van der Waals surface area (Å²) in [4.78, 5) is 32.3. The van der Waals surface area contributed by atoms with Crippen LogP contribution in [0, 0.1) is 0 Å². The van der Waals surface area contributed by atoms with Crippen molar-refractivity contribution in [1.82, 2.24) is 14.8 Å². The topological polar surface area (TPSA) is 93.2 Å². The second-order valence-electron chi connectivity index (χ2n) is 8.26. The van der Waals surface area contributed by atoms with Crippen LogP contribution < -0.4 is 10.1 Å². The molecule has 1 aromatic carbocycles. The van der Waals surface area contributed by atoms with Crippen LogP contribution in [0.5, 0.6) is 5.75 Å². The minimum absolute atomic E-state index is 0.0352. The van der Waals surface area contributed by atoms with Gasteiger partial charge in [0.05, 0.1) is 19.8 Å². The maximum Gasteiger partial charge on any atom is 0.321 e. The van der Waals surface area contributed by atoms with E-state index in [-0.39, 0.29) is 24.6 Å². The number of benzene rings is 1. The predicted molar refractivity (Wildman–Crippen MR) is 122 cm³/mol. The molecule has 2 aliphatic rings. The van der Waals surface area contributed by atoms with Crippen LogP contribution in [0.3, 0.4) is 0 Å². The minimum atomic E-state index is -0.110. The van der Waals surface area contributed by atoms with Crippen molar-refractivity contribution in [2.75, 3.05) is 58.4 Å². The third-order valence-corrected chi connectivity index (χ3v) is 5.89. The van der Waals surface area contributed by atoms with Crippen LogP contribution in [0.15, 0.2) is 48.8 Å². The van der Waals surface area contributed by atoms with E-state index in [4.69, 9.17) is 14.2 Å². The fraction of sp³-hybridized carbons (Fsp3) is 0.458. The Morgan fingerprint density at radius 2 is 1.91 bits per heavy atom. The highest BCUT2D eigenvalue weighted by molar-refractivity contribution is 5.90. The molecule has 176 valence electrons. The van der Waals surface area contributed by atoms with Crippen molar-refractivity contribution < 1.29 is 23.8 Å². The number of carbonyl (C=O) groups excluding carboxylic acids is 2. The Morgan fingerprint density at radius 1 is 1.09 bits per heavy atom. The van der Waals surface area contributed by atoms with Gasteiger partial charge < -0.3 is 29.3 Å². The highest BCUT2D eigenvalue weighted by Gasteiger charge is 2.32. The van der Waals surface area contributed by atoms with Crippen molar-refractivity contribution in [1.29, 1.82) is 0 Å². The van der Waals surface area contributed by atoms with Gasteiger partial charge >= 0.3 is 6.03 Å². The molecule has 1 aromatic heterocycles. The first-order valence-corrected chi connectivity index (χ1v) is 11.2. The number of urea groups is 1. The first-order valence-electron chi connectivity index (χ1n) is 11.2. The van der Waals surface area contributed by atoms with Gasteiger partial charge in [-0.25, -0.2) is 4.79 Å². The molecule has 3 amide bonds. The predicted octanol–water partition coefficient (Wildman–Crippen LogP) is 2.36. The lowest BCUT2D eigenvalue weighted by atomic mass is 9.93. The second-order valence-corrected chi connectivity index (χ2v) is 8.26. The number of pyridine rings is 1. The molecule has 2 aliphatic heterocycles. The Bertz CT molecular complexity index is 918. The molecule has 2 aromatic rings. The molecular weight excluding hydrogens is 424 g/mol. The minimum Gasteiger partial charge on any atom is -0.489 e. The number of aromatic nitrogens is 1. The van der Waals surface area contributed by atoms with E-state index >= 15 is 0 Å². The summed E-state index contributed by atoms with van der Waals surface area (Å²) in [6.45, 7) is 3.50. The normalized spacial score (nSPS) is 18.2. The first-order chi connectivity index (χ1) is 16.1. The number of ether oxygens (including phenoxy) is 3. The third-order valence-electron chi connectivity index (χ3n) is 5.89. The fourth-order valence-electron chi connectivity index (χ4n) is 3.93. The lowest BCUT2D eigenvalue weighted by Crippen LogP contribution is -2.50. The zero-order chi connectivity index (χ0) is 23.0. The standard InChI is InChI=1S/C24H30N4O5/c1-31-11-12-32-17-23(29)27-10-8-22(16-27)33-21-6-4-20(5-7-21)26-24(30)28-14-19(15-28)18-3-2-9-25-13-18/h2-7,9,13,19,22H,8,10-12,14-17H2,1H3,(H,26,30). The number of nitrogens with one attached hydrogen (secondary N) is 1. The van der Waals surface area contributed by atoms with Gasteiger partial charge in [-0.15, -0.1) is 0 Å². The second kappa shape index (κ2) is 11.1. The lowest BCUT2D eigenvalue weighted by Gasteiger charge is -2.39. The van der Waals surface area contributed by atoms with Crippen molar-refractivity contribution in [2.24, 2.45) is 0 Å². The van der Waals surface area contributed by atoms with Gasteiger partial charge in [-0.05, 0) is 35.9 Å². The van der Waals surface area contributed by atoms with Crippen LogP contribution in [-0.2, 0) is 14.3 Å². The van der Waals surface area contributed by atoms with Gasteiger partial charge in [-0.3, -0.25) is 9.78 Å². The van der Waals surface area contributed by atoms with E-state index in [1.807, 2.05) is 42.6 Å². The van der Waals surface area contributed by atoms with Gasteiger partial charge in [0, 0.05) is 57.2 Å². The number of amides is 3. The average molecular weight is 455 g/mol. The van der Waals surface area contributed by atoms with E-state index in [0.717, 1.165) is 12.0 Å². The highest BCUT2D eigenvalue weighted by atomic mass is 16.5. The molecule has 2 fully saturated rings. The number of rotatable bonds is 9. The Labute approximate surface area is 193 Å². The van der Waals surface area contributed by atoms with Gasteiger partial charge in [0.1, 0.15) is 18.5 Å². The Hall–Kier alpha value is -3.17. The molecule has 0 saturated carbocycles. The number of anilines is 1. The summed E-state index contributed by atoms with van der Waals surface area (Å²) in [5.74, 6) is 1.02. The van der Waals surface area contributed by atoms with E-state index in [9.17, 15) is 9.59 Å². The molecule has 2 saturated heterocycles. The van der Waals surface area contributed by atoms with Crippen LogP contribution >= 0.6 is 0 Å². The van der Waals surface area contributed by atoms with Crippen LogP contribution in [0.1, 0.15) is 17.9 Å². The smallest absolute Gasteiger partial charge is 0.321 e. The molecule has 0 aliphatic carbocycles. The zero-order valence-corrected chi connectivity index (χ0v) is 18.8. The number of nitrogens with zero attached hydrogens (tertiary/aromatic N) is 3. The summed E-state index contributed by atoms with van der Waals surface area (Å²) in [5, 5.41) is 2.93. The Morgan fingerprint density at radius 3 is 2.64 bits per heavy atom. The molecule has 0 radical (unpaired) electrons. The number of hydrogen-bond donors (Lipinski definition) is 1. The van der Waals surface area contributed by atoms with Crippen molar-refractivity contribution >= 4 is 17.6 Å². The van der Waals surface area contributed by atoms with E-state index in [2.05, 4.69) is 10.3 Å². The molecule has 0 spiro atoms. The van der Waals surface area contributed by atoms with Gasteiger partial charge in [0.25, 0.3) is 0 Å². The summed E-state index contributed by atoms with van der Waals surface area (Å²) >= 11 is 0. The largest absolute Gasteiger partial charge is 0.489 e. The average Bonchev–Trinajstić information content (AvgIpc) is 3.26.